The van der Waals surface area contributed by atoms with Gasteiger partial charge in [0.05, 0.1) is 33.4 Å². The number of carbonyl (C=O) groups excluding carboxylic acids is 2. The van der Waals surface area contributed by atoms with Gasteiger partial charge in [0, 0.05) is 18.9 Å². The Morgan fingerprint density at radius 3 is 2.42 bits per heavy atom. The number of ether oxygens (including phenoxy) is 1. The highest BCUT2D eigenvalue weighted by atomic mass is 79.9. The van der Waals surface area contributed by atoms with E-state index in [4.69, 9.17) is 4.74 Å². The molecule has 2 N–H and O–H groups in total. The molecule has 0 bridgehead atoms. The zero-order valence-electron chi connectivity index (χ0n) is 21.8. The molecule has 0 aliphatic heterocycles. The van der Waals surface area contributed by atoms with Gasteiger partial charge >= 0.3 is 0 Å². The van der Waals surface area contributed by atoms with Crippen LogP contribution >= 0.6 is 15.9 Å². The number of hydrogen-bond donors (Lipinski definition) is 2. The number of nitrogens with one attached hydrogen (secondary N) is 2. The number of anilines is 2. The first-order valence-corrected chi connectivity index (χ1v) is 14.4. The molecule has 4 rings (SSSR count). The highest BCUT2D eigenvalue weighted by Gasteiger charge is 2.28. The van der Waals surface area contributed by atoms with E-state index >= 15 is 0 Å². The first-order valence-electron chi connectivity index (χ1n) is 12.2. The van der Waals surface area contributed by atoms with E-state index < -0.39 is 28.4 Å². The summed E-state index contributed by atoms with van der Waals surface area (Å²) in [5.41, 5.74) is 2.56. The van der Waals surface area contributed by atoms with Gasteiger partial charge in [-0.3, -0.25) is 18.9 Å². The molecule has 0 spiro atoms. The second-order valence-corrected chi connectivity index (χ2v) is 11.5. The van der Waals surface area contributed by atoms with Gasteiger partial charge in [-0.1, -0.05) is 35.9 Å². The normalized spacial score (nSPS) is 11.0. The molecule has 0 fully saturated rings. The molecule has 11 heteroatoms. The van der Waals surface area contributed by atoms with Crippen molar-refractivity contribution >= 4 is 49.1 Å². The van der Waals surface area contributed by atoms with E-state index in [1.807, 2.05) is 13.0 Å². The number of benzene rings is 3. The molecule has 0 saturated carbocycles. The average Bonchev–Trinajstić information content (AvgIpc) is 2.96. The molecular weight excluding hydrogens is 596 g/mol. The van der Waals surface area contributed by atoms with Crippen molar-refractivity contribution in [1.29, 1.82) is 0 Å². The summed E-state index contributed by atoms with van der Waals surface area (Å²) in [5, 5.41) is 5.52. The van der Waals surface area contributed by atoms with Crippen molar-refractivity contribution < 1.29 is 22.7 Å². The Kier molecular flexibility index (Phi) is 9.18. The summed E-state index contributed by atoms with van der Waals surface area (Å²) in [5.74, 6) is -0.549. The summed E-state index contributed by atoms with van der Waals surface area (Å²) >= 11 is 3.33. The molecule has 40 heavy (non-hydrogen) atoms. The van der Waals surface area contributed by atoms with Gasteiger partial charge in [0.1, 0.15) is 12.3 Å². The summed E-state index contributed by atoms with van der Waals surface area (Å²) in [6, 6.07) is 21.3. The van der Waals surface area contributed by atoms with Crippen LogP contribution in [0.1, 0.15) is 21.5 Å². The predicted octanol–water partition coefficient (Wildman–Crippen LogP) is 4.93. The second-order valence-electron chi connectivity index (χ2n) is 8.78. The minimum Gasteiger partial charge on any atom is -0.496 e. The maximum Gasteiger partial charge on any atom is 0.264 e. The topological polar surface area (TPSA) is 118 Å². The van der Waals surface area contributed by atoms with Gasteiger partial charge in [0.15, 0.2) is 0 Å². The van der Waals surface area contributed by atoms with Crippen LogP contribution in [0.15, 0.2) is 101 Å². The van der Waals surface area contributed by atoms with E-state index in [1.165, 1.54) is 25.3 Å². The minimum atomic E-state index is -4.17. The van der Waals surface area contributed by atoms with Crippen molar-refractivity contribution in [2.75, 3.05) is 23.3 Å². The summed E-state index contributed by atoms with van der Waals surface area (Å²) in [6.07, 6.45) is 3.29. The number of para-hydroxylation sites is 1. The van der Waals surface area contributed by atoms with E-state index in [2.05, 4.69) is 31.5 Å². The predicted molar refractivity (Wildman–Crippen MR) is 157 cm³/mol. The molecule has 0 radical (unpaired) electrons. The first kappa shape index (κ1) is 28.8. The molecule has 206 valence electrons. The zero-order valence-corrected chi connectivity index (χ0v) is 24.2. The molecular formula is C29H27BrN4O5S. The molecule has 3 aromatic carbocycles. The summed E-state index contributed by atoms with van der Waals surface area (Å²) in [6.45, 7) is 1.61. The fourth-order valence-corrected chi connectivity index (χ4v) is 5.99. The lowest BCUT2D eigenvalue weighted by molar-refractivity contribution is -0.114. The number of rotatable bonds is 10. The zero-order chi connectivity index (χ0) is 28.7. The number of halogens is 1. The molecule has 1 heterocycles. The molecule has 9 nitrogen and oxygen atoms in total. The van der Waals surface area contributed by atoms with Gasteiger partial charge in [-0.05, 0) is 76.9 Å². The van der Waals surface area contributed by atoms with Crippen molar-refractivity contribution in [1.82, 2.24) is 10.3 Å². The van der Waals surface area contributed by atoms with Crippen molar-refractivity contribution in [2.45, 2.75) is 18.4 Å². The number of aromatic nitrogens is 1. The fourth-order valence-electron chi connectivity index (χ4n) is 3.85. The van der Waals surface area contributed by atoms with Crippen LogP contribution in [0.25, 0.3) is 0 Å². The van der Waals surface area contributed by atoms with Crippen molar-refractivity contribution in [3.8, 4) is 5.75 Å². The number of methoxy groups -OCH3 is 1. The molecule has 1 aromatic heterocycles. The van der Waals surface area contributed by atoms with E-state index in [-0.39, 0.29) is 22.7 Å². The monoisotopic (exact) mass is 622 g/mol. The maximum atomic E-state index is 13.8. The molecule has 0 saturated heterocycles. The Labute approximate surface area is 241 Å². The molecule has 4 aromatic rings. The summed E-state index contributed by atoms with van der Waals surface area (Å²) < 4.78 is 34.2. The van der Waals surface area contributed by atoms with E-state index in [9.17, 15) is 18.0 Å². The van der Waals surface area contributed by atoms with Crippen molar-refractivity contribution in [3.05, 3.63) is 112 Å². The van der Waals surface area contributed by atoms with Crippen LogP contribution in [0.5, 0.6) is 5.75 Å². The van der Waals surface area contributed by atoms with Crippen LogP contribution in [0, 0.1) is 6.92 Å². The van der Waals surface area contributed by atoms with Crippen molar-refractivity contribution in [2.24, 2.45) is 0 Å². The molecule has 0 aliphatic carbocycles. The fraction of sp³-hybridized carbons (Fsp3) is 0.138. The van der Waals surface area contributed by atoms with Gasteiger partial charge in [0.25, 0.3) is 15.9 Å². The van der Waals surface area contributed by atoms with Crippen LogP contribution < -0.4 is 19.7 Å². The Balaban J connectivity index is 1.58. The number of nitrogens with zero attached hydrogens (tertiary/aromatic N) is 2. The maximum absolute atomic E-state index is 13.8. The van der Waals surface area contributed by atoms with Gasteiger partial charge in [-0.2, -0.15) is 0 Å². The largest absolute Gasteiger partial charge is 0.496 e. The van der Waals surface area contributed by atoms with Gasteiger partial charge in [-0.25, -0.2) is 8.42 Å². The molecule has 0 atom stereocenters. The number of pyridine rings is 1. The quantitative estimate of drug-likeness (QED) is 0.259. The van der Waals surface area contributed by atoms with Gasteiger partial charge in [0.2, 0.25) is 5.91 Å². The number of carbonyl (C=O) groups is 2. The minimum absolute atomic E-state index is 0.0243. The molecule has 0 aliphatic rings. The Bertz CT molecular complexity index is 1610. The molecule has 0 unspecified atom stereocenters. The van der Waals surface area contributed by atoms with E-state index in [0.29, 0.717) is 15.9 Å². The van der Waals surface area contributed by atoms with Gasteiger partial charge < -0.3 is 15.4 Å². The number of hydrogen-bond acceptors (Lipinski definition) is 6. The number of aryl methyl sites for hydroxylation is 1. The standard InChI is InChI=1S/C29H27BrN4O5S/c1-20-9-11-22(12-10-20)34(40(37,38)23-13-14-27(39-2)25(30)16-23)19-28(35)33-26-8-4-3-7-24(26)29(36)32-18-21-6-5-15-31-17-21/h3-17H,18-19H2,1-2H3,(H,32,36)(H,33,35). The van der Waals surface area contributed by atoms with Crippen LogP contribution in [-0.2, 0) is 21.4 Å². The second kappa shape index (κ2) is 12.8. The third-order valence-corrected chi connectivity index (χ3v) is 8.33. The number of sulfonamides is 1. The SMILES string of the molecule is COc1ccc(S(=O)(=O)N(CC(=O)Nc2ccccc2C(=O)NCc2cccnc2)c2ccc(C)cc2)cc1Br. The first-order chi connectivity index (χ1) is 19.2. The number of amides is 2. The van der Waals surface area contributed by atoms with Gasteiger partial charge in [-0.15, -0.1) is 0 Å². The smallest absolute Gasteiger partial charge is 0.264 e. The average molecular weight is 624 g/mol. The Morgan fingerprint density at radius 1 is 1.00 bits per heavy atom. The van der Waals surface area contributed by atoms with E-state index in [0.717, 1.165) is 15.4 Å². The third kappa shape index (κ3) is 6.85. The van der Waals surface area contributed by atoms with Crippen LogP contribution in [0.4, 0.5) is 11.4 Å². The Morgan fingerprint density at radius 2 is 1.75 bits per heavy atom. The highest BCUT2D eigenvalue weighted by molar-refractivity contribution is 9.10. The Hall–Kier alpha value is -4.22. The summed E-state index contributed by atoms with van der Waals surface area (Å²) in [7, 11) is -2.69. The lowest BCUT2D eigenvalue weighted by Crippen LogP contribution is -2.38. The lowest BCUT2D eigenvalue weighted by atomic mass is 10.1. The highest BCUT2D eigenvalue weighted by Crippen LogP contribution is 2.31. The van der Waals surface area contributed by atoms with Crippen LogP contribution in [0.3, 0.4) is 0 Å². The third-order valence-electron chi connectivity index (χ3n) is 5.94. The molecule has 2 amide bonds. The van der Waals surface area contributed by atoms with Crippen LogP contribution in [0.2, 0.25) is 0 Å². The summed E-state index contributed by atoms with van der Waals surface area (Å²) in [4.78, 5) is 30.2. The van der Waals surface area contributed by atoms with E-state index in [1.54, 1.807) is 67.0 Å². The lowest BCUT2D eigenvalue weighted by Gasteiger charge is -2.25. The van der Waals surface area contributed by atoms with Crippen LogP contribution in [-0.4, -0.2) is 38.9 Å². The van der Waals surface area contributed by atoms with Crippen molar-refractivity contribution in [3.63, 3.8) is 0 Å².